The Morgan fingerprint density at radius 2 is 1.01 bits per heavy atom. The molecule has 0 saturated carbocycles. The second-order valence-corrected chi connectivity index (χ2v) is 24.4. The minimum Gasteiger partial charge on any atom is -0.465 e. The number of aliphatic hydroxyl groups excluding tert-OH is 1. The molecule has 28 nitrogen and oxygen atoms in total. The molecule has 462 valence electrons. The molecule has 31 heteroatoms. The van der Waals surface area contributed by atoms with Gasteiger partial charge in [0.2, 0.25) is 30.8 Å². The minimum absolute atomic E-state index is 0.127. The van der Waals surface area contributed by atoms with Crippen LogP contribution >= 0.6 is 34.0 Å². The van der Waals surface area contributed by atoms with Gasteiger partial charge in [-0.25, -0.2) is 10.0 Å². The lowest BCUT2D eigenvalue weighted by molar-refractivity contribution is -0.730. The van der Waals surface area contributed by atoms with E-state index < -0.39 is 24.2 Å². The zero-order chi connectivity index (χ0) is 61.1. The standard InChI is InChI=1S/C58H66N22O6S3/c1-85-48(37-8-3-10-43(34-37)80-27-7-13-46(75-80)78-32-22-41(23-33-78)63-55-70-73-58(89-55)66-52(84)49(86-2)38-9-4-24-59-35-38)51(83)65-57-72-69-54(88-57)62-40-20-30-77(31-21-40)45-12-6-26-79(74-45)42-16-14-36(15-17-42)47(81)50(82)64-56-71-68-53(87-56)61-39-18-28-76(29-19-39)44-11-5-25-60-67-44/h3-17,24-27,34-35,39-41,47-49,79-81H,18-23,28-33H2,1-2H3,(H6,60,61,62,63,64,65,66,67,68,69,70,71,72,73,82,83,84). The van der Waals surface area contributed by atoms with Crippen molar-refractivity contribution in [2.24, 2.45) is 0 Å². The molecular weight excluding hydrogens is 1200 g/mol. The Labute approximate surface area is 524 Å². The molecule has 3 saturated heterocycles. The summed E-state index contributed by atoms with van der Waals surface area (Å²) < 4.78 is 11.2. The molecule has 2 aromatic carbocycles. The number of aromatic nitrogens is 9. The van der Waals surface area contributed by atoms with Gasteiger partial charge in [-0.2, -0.15) is 5.10 Å². The maximum absolute atomic E-state index is 13.8. The summed E-state index contributed by atoms with van der Waals surface area (Å²) in [6.45, 7) is 4.70. The van der Waals surface area contributed by atoms with Crippen molar-refractivity contribution >= 4 is 99.7 Å². The van der Waals surface area contributed by atoms with Crippen LogP contribution in [-0.2, 0) is 23.9 Å². The molecule has 5 aliphatic rings. The number of hydrogen-bond donors (Lipinski definition) is 9. The van der Waals surface area contributed by atoms with E-state index in [0.29, 0.717) is 47.5 Å². The summed E-state index contributed by atoms with van der Waals surface area (Å²) in [4.78, 5) is 50.7. The van der Waals surface area contributed by atoms with Crippen LogP contribution in [0.15, 0.2) is 140 Å². The number of anilines is 7. The molecular formula is C58H66N22O6S3. The number of carbonyl (C=O) groups excluding carboxylic acids is 3. The predicted molar refractivity (Wildman–Crippen MR) is 337 cm³/mol. The van der Waals surface area contributed by atoms with Gasteiger partial charge in [-0.1, -0.05) is 64.4 Å². The summed E-state index contributed by atoms with van der Waals surface area (Å²) in [5, 5.41) is 67.8. The van der Waals surface area contributed by atoms with Crippen molar-refractivity contribution in [2.45, 2.75) is 75.0 Å². The number of pyridine rings is 1. The Bertz CT molecular complexity index is 3660. The molecule has 0 aliphatic carbocycles. The van der Waals surface area contributed by atoms with E-state index in [9.17, 15) is 19.5 Å². The molecule has 9 N–H and O–H groups in total. The van der Waals surface area contributed by atoms with E-state index >= 15 is 0 Å². The fraction of sp³-hybridized carbons (Fsp3) is 0.345. The molecule has 89 heavy (non-hydrogen) atoms. The molecule has 5 unspecified atom stereocenters. The second kappa shape index (κ2) is 28.4. The lowest BCUT2D eigenvalue weighted by atomic mass is 10.1. The molecule has 12 rings (SSSR count). The van der Waals surface area contributed by atoms with Gasteiger partial charge >= 0.3 is 0 Å². The Morgan fingerprint density at radius 1 is 0.539 bits per heavy atom. The van der Waals surface area contributed by atoms with Gasteiger partial charge in [0.05, 0.1) is 0 Å². The average molecular weight is 1260 g/mol. The van der Waals surface area contributed by atoms with E-state index in [2.05, 4.69) is 92.4 Å². The first-order chi connectivity index (χ1) is 43.6. The SMILES string of the molecule is COC(C(=O)Nc1nnc(NC2CCN(C3=CC=C[NH+](c4ccc(C(O)C(=O)Nc5nnc(NC6CCN(c7cccnn7)CC6)s5)cc4)[N-]3)CC2)s1)c1cccc([NH+]2C=CC=C(N3CCC(Nc4nnc(NC(=O)C(OC)c5cccnc5)s4)CC3)[N-]2)c1. The van der Waals surface area contributed by atoms with Crippen molar-refractivity contribution in [3.05, 3.63) is 167 Å². The summed E-state index contributed by atoms with van der Waals surface area (Å²) >= 11 is 3.76. The van der Waals surface area contributed by atoms with Crippen molar-refractivity contribution in [3.63, 3.8) is 0 Å². The molecule has 5 atom stereocenters. The van der Waals surface area contributed by atoms with Crippen LogP contribution in [0.1, 0.15) is 73.5 Å². The third-order valence-corrected chi connectivity index (χ3v) is 17.9. The molecule has 0 bridgehead atoms. The quantitative estimate of drug-likeness (QED) is 0.0414. The highest BCUT2D eigenvalue weighted by Crippen LogP contribution is 2.32. The van der Waals surface area contributed by atoms with Gasteiger partial charge in [0.15, 0.2) is 24.1 Å². The highest BCUT2D eigenvalue weighted by Gasteiger charge is 2.29. The Morgan fingerprint density at radius 3 is 1.51 bits per heavy atom. The Balaban J connectivity index is 0.554. The summed E-state index contributed by atoms with van der Waals surface area (Å²) in [5.41, 5.74) is 13.5. The van der Waals surface area contributed by atoms with Gasteiger partial charge < -0.3 is 45.2 Å². The highest BCUT2D eigenvalue weighted by atomic mass is 32.1. The molecule has 3 amide bonds. The van der Waals surface area contributed by atoms with Crippen LogP contribution in [-0.4, -0.2) is 150 Å². The fourth-order valence-corrected chi connectivity index (χ4v) is 13.1. The van der Waals surface area contributed by atoms with E-state index in [1.807, 2.05) is 85.2 Å². The van der Waals surface area contributed by atoms with E-state index in [0.717, 1.165) is 117 Å². The van der Waals surface area contributed by atoms with Gasteiger partial charge in [-0.15, -0.1) is 35.7 Å². The van der Waals surface area contributed by atoms with Crippen molar-refractivity contribution in [1.82, 2.24) is 55.6 Å². The topological polar surface area (TPSA) is 325 Å². The third-order valence-electron chi connectivity index (χ3n) is 15.6. The number of nitrogens with zero attached hydrogens (tertiary/aromatic N) is 14. The number of quaternary nitrogens is 2. The number of nitrogens with one attached hydrogen (secondary N) is 8. The lowest BCUT2D eigenvalue weighted by Crippen LogP contribution is -2.98. The van der Waals surface area contributed by atoms with Crippen molar-refractivity contribution in [2.75, 3.05) is 90.3 Å². The van der Waals surface area contributed by atoms with Crippen LogP contribution in [0.5, 0.6) is 0 Å². The van der Waals surface area contributed by atoms with E-state index in [1.54, 1.807) is 42.9 Å². The van der Waals surface area contributed by atoms with Crippen molar-refractivity contribution in [3.8, 4) is 0 Å². The van der Waals surface area contributed by atoms with Crippen molar-refractivity contribution in [1.29, 1.82) is 0 Å². The number of piperidine rings is 3. The van der Waals surface area contributed by atoms with Crippen LogP contribution < -0.4 is 46.8 Å². The maximum Gasteiger partial charge on any atom is 0.260 e. The molecule has 10 heterocycles. The average Bonchev–Trinajstić information content (AvgIpc) is 3.87. The van der Waals surface area contributed by atoms with Crippen LogP contribution in [0.4, 0.5) is 48.0 Å². The van der Waals surface area contributed by atoms with Gasteiger partial charge in [-0.3, -0.25) is 46.2 Å². The normalized spacial score (nSPS) is 19.2. The fourth-order valence-electron chi connectivity index (χ4n) is 10.9. The van der Waals surface area contributed by atoms with E-state index in [1.165, 1.54) is 48.2 Å². The molecule has 5 aliphatic heterocycles. The summed E-state index contributed by atoms with van der Waals surface area (Å²) in [6, 6.07) is 22.7. The smallest absolute Gasteiger partial charge is 0.260 e. The molecule has 0 spiro atoms. The lowest BCUT2D eigenvalue weighted by Gasteiger charge is -2.43. The first-order valence-corrected chi connectivity index (χ1v) is 31.6. The number of likely N-dealkylation sites (tertiary alicyclic amines) is 2. The number of allylic oxidation sites excluding steroid dienone is 4. The van der Waals surface area contributed by atoms with Crippen LogP contribution in [0.25, 0.3) is 10.9 Å². The molecule has 0 radical (unpaired) electrons. The first-order valence-electron chi connectivity index (χ1n) is 29.1. The molecule has 5 aromatic heterocycles. The van der Waals surface area contributed by atoms with E-state index in [4.69, 9.17) is 20.3 Å². The molecule has 7 aromatic rings. The Kier molecular flexibility index (Phi) is 19.2. The van der Waals surface area contributed by atoms with E-state index in [-0.39, 0.29) is 29.9 Å². The summed E-state index contributed by atoms with van der Waals surface area (Å²) in [7, 11) is 2.98. The minimum atomic E-state index is -1.42. The number of methoxy groups -OCH3 is 2. The van der Waals surface area contributed by atoms with Crippen LogP contribution in [0, 0.1) is 0 Å². The van der Waals surface area contributed by atoms with Crippen molar-refractivity contribution < 1.29 is 39.0 Å². The number of benzene rings is 2. The van der Waals surface area contributed by atoms with Gasteiger partial charge in [0.25, 0.3) is 17.7 Å². The number of rotatable bonds is 22. The number of amides is 3. The van der Waals surface area contributed by atoms with Gasteiger partial charge in [0, 0.05) is 93.9 Å². The Hall–Kier alpha value is -9.08. The third kappa shape index (κ3) is 15.1. The molecule has 3 fully saturated rings. The zero-order valence-electron chi connectivity index (χ0n) is 48.5. The monoisotopic (exact) mass is 1260 g/mol. The van der Waals surface area contributed by atoms with Gasteiger partial charge in [-0.05, 0) is 130 Å². The number of carbonyl (C=O) groups is 3. The summed E-state index contributed by atoms with van der Waals surface area (Å²) in [6.07, 6.45) is 18.7. The van der Waals surface area contributed by atoms with Crippen LogP contribution in [0.2, 0.25) is 0 Å². The first kappa shape index (κ1) is 60.2. The number of ether oxygens (including phenoxy) is 2. The highest BCUT2D eigenvalue weighted by molar-refractivity contribution is 7.19. The van der Waals surface area contributed by atoms with Gasteiger partial charge in [0.1, 0.15) is 23.8 Å². The maximum atomic E-state index is 13.8. The largest absolute Gasteiger partial charge is 0.465 e. The number of aliphatic hydroxyl groups is 1. The predicted octanol–water partition coefficient (Wildman–Crippen LogP) is 5.33. The number of hydrogen-bond acceptors (Lipinski definition) is 24. The zero-order valence-corrected chi connectivity index (χ0v) is 51.0. The summed E-state index contributed by atoms with van der Waals surface area (Å²) in [5.74, 6) is 1.23. The second-order valence-electron chi connectivity index (χ2n) is 21.4. The van der Waals surface area contributed by atoms with Crippen LogP contribution in [0.3, 0.4) is 0 Å².